The zero-order chi connectivity index (χ0) is 24.0. The average molecular weight is 459 g/mol. The van der Waals surface area contributed by atoms with Gasteiger partial charge in [-0.2, -0.15) is 0 Å². The van der Waals surface area contributed by atoms with E-state index in [4.69, 9.17) is 4.74 Å². The van der Waals surface area contributed by atoms with Crippen molar-refractivity contribution in [3.63, 3.8) is 0 Å². The van der Waals surface area contributed by atoms with Gasteiger partial charge >= 0.3 is 0 Å². The third-order valence-electron chi connectivity index (χ3n) is 14.5. The van der Waals surface area contributed by atoms with Crippen LogP contribution in [0.1, 0.15) is 107 Å². The summed E-state index contributed by atoms with van der Waals surface area (Å²) in [6.07, 6.45) is 9.18. The van der Waals surface area contributed by atoms with Crippen molar-refractivity contribution in [2.75, 3.05) is 0 Å². The number of epoxide rings is 1. The zero-order valence-corrected chi connectivity index (χ0v) is 22.6. The van der Waals surface area contributed by atoms with Crippen molar-refractivity contribution in [2.24, 2.45) is 56.7 Å². The van der Waals surface area contributed by atoms with Gasteiger partial charge in [0.2, 0.25) is 0 Å². The lowest BCUT2D eigenvalue weighted by Crippen LogP contribution is -2.70. The van der Waals surface area contributed by atoms with E-state index in [9.17, 15) is 10.2 Å². The van der Waals surface area contributed by atoms with Gasteiger partial charge in [-0.3, -0.25) is 0 Å². The van der Waals surface area contributed by atoms with Crippen molar-refractivity contribution < 1.29 is 14.9 Å². The summed E-state index contributed by atoms with van der Waals surface area (Å²) in [7, 11) is 0. The summed E-state index contributed by atoms with van der Waals surface area (Å²) in [6, 6.07) is 0. The Hall–Kier alpha value is -0.120. The van der Waals surface area contributed by atoms with Crippen LogP contribution in [-0.4, -0.2) is 34.1 Å². The second-order valence-corrected chi connectivity index (χ2v) is 15.6. The highest BCUT2D eigenvalue weighted by Gasteiger charge is 2.75. The quantitative estimate of drug-likeness (QED) is 0.425. The number of fused-ring (bicyclic) bond motifs is 8. The standard InChI is InChI=1S/C30H50O3/c1-17-24-18-9-10-20-26(4)13-12-21(31)25(2,3)19(26)11-14-28(20,6)29(18,7)15-22(32)27(24,5)16-23-30(17,8)33-23/h17-24,31-32H,9-16H2,1-8H3/t17-,18+,19-,20+,21-,22-,23+,24-,26-,27+,28+,29+,30-/m0/s1. The Labute approximate surface area is 202 Å². The smallest absolute Gasteiger partial charge is 0.0948 e. The molecule has 13 atom stereocenters. The van der Waals surface area contributed by atoms with E-state index in [1.54, 1.807) is 0 Å². The molecule has 6 aliphatic rings. The van der Waals surface area contributed by atoms with Crippen LogP contribution in [0.4, 0.5) is 0 Å². The van der Waals surface area contributed by atoms with E-state index in [1.165, 1.54) is 25.7 Å². The highest BCUT2D eigenvalue weighted by Crippen LogP contribution is 2.78. The third kappa shape index (κ3) is 2.49. The van der Waals surface area contributed by atoms with Gasteiger partial charge in [-0.05, 0) is 115 Å². The molecule has 5 aliphatic carbocycles. The van der Waals surface area contributed by atoms with Crippen LogP contribution in [0, 0.1) is 56.7 Å². The van der Waals surface area contributed by atoms with Gasteiger partial charge in [-0.1, -0.05) is 48.5 Å². The molecule has 5 saturated carbocycles. The lowest BCUT2D eigenvalue weighted by Gasteiger charge is -2.74. The predicted molar refractivity (Wildman–Crippen MR) is 132 cm³/mol. The van der Waals surface area contributed by atoms with E-state index < -0.39 is 0 Å². The van der Waals surface area contributed by atoms with Crippen LogP contribution in [0.5, 0.6) is 0 Å². The first-order chi connectivity index (χ1) is 15.2. The summed E-state index contributed by atoms with van der Waals surface area (Å²) in [5, 5.41) is 22.8. The van der Waals surface area contributed by atoms with Crippen molar-refractivity contribution in [1.82, 2.24) is 0 Å². The highest BCUT2D eigenvalue weighted by molar-refractivity contribution is 5.23. The van der Waals surface area contributed by atoms with Gasteiger partial charge in [-0.15, -0.1) is 0 Å². The number of rotatable bonds is 0. The summed E-state index contributed by atoms with van der Waals surface area (Å²) < 4.78 is 6.31. The molecule has 0 radical (unpaired) electrons. The fourth-order valence-corrected chi connectivity index (χ4v) is 12.1. The number of ether oxygens (including phenoxy) is 1. The van der Waals surface area contributed by atoms with E-state index in [0.717, 1.165) is 25.7 Å². The summed E-state index contributed by atoms with van der Waals surface area (Å²) in [5.74, 6) is 3.01. The maximum absolute atomic E-state index is 11.8. The number of aliphatic hydroxyl groups is 2. The lowest BCUT2D eigenvalue weighted by atomic mass is 9.31. The van der Waals surface area contributed by atoms with Crippen LogP contribution in [0.25, 0.3) is 0 Å². The minimum atomic E-state index is -0.231. The first kappa shape index (κ1) is 23.3. The molecular weight excluding hydrogens is 408 g/mol. The molecule has 3 heteroatoms. The van der Waals surface area contributed by atoms with Crippen LogP contribution in [0.15, 0.2) is 0 Å². The number of hydrogen-bond acceptors (Lipinski definition) is 3. The van der Waals surface area contributed by atoms with Crippen LogP contribution >= 0.6 is 0 Å². The molecule has 1 saturated heterocycles. The van der Waals surface area contributed by atoms with E-state index >= 15 is 0 Å². The van der Waals surface area contributed by atoms with Crippen LogP contribution in [0.2, 0.25) is 0 Å². The van der Waals surface area contributed by atoms with Gasteiger partial charge in [0.05, 0.1) is 23.9 Å². The Balaban J connectivity index is 1.41. The molecule has 33 heavy (non-hydrogen) atoms. The summed E-state index contributed by atoms with van der Waals surface area (Å²) in [4.78, 5) is 0. The van der Waals surface area contributed by atoms with E-state index in [-0.39, 0.29) is 39.5 Å². The SMILES string of the molecule is C[C@H]1[C@H]2[C@H]3CC[C@@H]4[C@@]5(C)CC[C@H](O)C(C)(C)[C@@H]5CC[C@@]4(C)[C@]3(C)C[C@H](O)[C@@]2(C)C[C@H]2O[C@]21C. The van der Waals surface area contributed by atoms with Crippen molar-refractivity contribution in [1.29, 1.82) is 0 Å². The van der Waals surface area contributed by atoms with Crippen molar-refractivity contribution >= 4 is 0 Å². The minimum Gasteiger partial charge on any atom is -0.393 e. The fourth-order valence-electron chi connectivity index (χ4n) is 12.1. The molecule has 0 spiro atoms. The summed E-state index contributed by atoms with van der Waals surface area (Å²) in [5.41, 5.74) is 0.744. The topological polar surface area (TPSA) is 53.0 Å². The Bertz CT molecular complexity index is 853. The van der Waals surface area contributed by atoms with Crippen molar-refractivity contribution in [2.45, 2.75) is 131 Å². The molecule has 0 amide bonds. The van der Waals surface area contributed by atoms with Gasteiger partial charge in [0.15, 0.2) is 0 Å². The molecule has 6 rings (SSSR count). The van der Waals surface area contributed by atoms with Gasteiger partial charge in [0, 0.05) is 0 Å². The van der Waals surface area contributed by atoms with E-state index in [0.29, 0.717) is 41.1 Å². The molecule has 3 nitrogen and oxygen atoms in total. The van der Waals surface area contributed by atoms with Gasteiger partial charge in [0.1, 0.15) is 0 Å². The molecule has 0 aromatic rings. The average Bonchev–Trinajstić information content (AvgIpc) is 3.38. The van der Waals surface area contributed by atoms with Gasteiger partial charge in [0.25, 0.3) is 0 Å². The first-order valence-electron chi connectivity index (χ1n) is 14.2. The Morgan fingerprint density at radius 2 is 1.39 bits per heavy atom. The Morgan fingerprint density at radius 1 is 0.697 bits per heavy atom. The second-order valence-electron chi connectivity index (χ2n) is 15.6. The Morgan fingerprint density at radius 3 is 2.09 bits per heavy atom. The molecular formula is C30H50O3. The molecule has 2 N–H and O–H groups in total. The minimum absolute atomic E-state index is 0.00152. The molecule has 1 heterocycles. The normalized spacial score (nSPS) is 65.6. The Kier molecular flexibility index (Phi) is 4.52. The van der Waals surface area contributed by atoms with Crippen molar-refractivity contribution in [3.05, 3.63) is 0 Å². The van der Waals surface area contributed by atoms with Gasteiger partial charge < -0.3 is 14.9 Å². The lowest BCUT2D eigenvalue weighted by molar-refractivity contribution is -0.272. The van der Waals surface area contributed by atoms with Crippen LogP contribution in [0.3, 0.4) is 0 Å². The maximum Gasteiger partial charge on any atom is 0.0948 e. The third-order valence-corrected chi connectivity index (χ3v) is 14.5. The van der Waals surface area contributed by atoms with Crippen LogP contribution in [-0.2, 0) is 4.74 Å². The highest BCUT2D eigenvalue weighted by atomic mass is 16.6. The van der Waals surface area contributed by atoms with Crippen LogP contribution < -0.4 is 0 Å². The maximum atomic E-state index is 11.8. The second kappa shape index (κ2) is 6.41. The molecule has 0 bridgehead atoms. The summed E-state index contributed by atoms with van der Waals surface area (Å²) >= 11 is 0. The molecule has 0 aromatic heterocycles. The monoisotopic (exact) mass is 458 g/mol. The summed E-state index contributed by atoms with van der Waals surface area (Å²) in [6.45, 7) is 19.7. The van der Waals surface area contributed by atoms with Gasteiger partial charge in [-0.25, -0.2) is 0 Å². The first-order valence-corrected chi connectivity index (χ1v) is 14.2. The van der Waals surface area contributed by atoms with E-state index in [2.05, 4.69) is 55.4 Å². The fraction of sp³-hybridized carbons (Fsp3) is 1.00. The molecule has 6 fully saturated rings. The number of aliphatic hydroxyl groups excluding tert-OH is 2. The molecule has 0 unspecified atom stereocenters. The molecule has 1 aliphatic heterocycles. The largest absolute Gasteiger partial charge is 0.393 e. The number of hydrogen-bond donors (Lipinski definition) is 2. The molecule has 0 aromatic carbocycles. The zero-order valence-electron chi connectivity index (χ0n) is 22.6. The predicted octanol–water partition coefficient (Wildman–Crippen LogP) is 6.21. The van der Waals surface area contributed by atoms with E-state index in [1.807, 2.05) is 0 Å². The van der Waals surface area contributed by atoms with Crippen molar-refractivity contribution in [3.8, 4) is 0 Å². The molecule has 188 valence electrons.